The molecule has 4 heterocycles. The molecule has 1 aromatic heterocycles. The summed E-state index contributed by atoms with van der Waals surface area (Å²) in [6.07, 6.45) is 18.8. The van der Waals surface area contributed by atoms with E-state index in [9.17, 15) is 27.6 Å². The van der Waals surface area contributed by atoms with Gasteiger partial charge in [-0.25, -0.2) is 9.37 Å². The number of amides is 2. The van der Waals surface area contributed by atoms with E-state index in [0.717, 1.165) is 114 Å². The summed E-state index contributed by atoms with van der Waals surface area (Å²) in [5.74, 6) is -4.02. The molecule has 3 aliphatic heterocycles. The SMILES string of the molecule is CC(C)(C)CCN1CCC2(CC1)CC(F)(F)C(=O)c1ccccc12.CC(C)(C)CCN1CCC2(CC[C@H](NC(=O)C3CC3)c3ccc(F)cc32)CC1.Cn1cncc1C(=O)N[C@@H]1CCC2(CCN(CCC(C)(C)C)CC2)c2ccccc21.[HH].[HH]. The van der Waals surface area contributed by atoms with Gasteiger partial charge < -0.3 is 29.9 Å². The zero-order chi connectivity index (χ0) is 58.9. The summed E-state index contributed by atoms with van der Waals surface area (Å²) >= 11 is 0. The number of carbonyl (C=O) groups excluding carboxylic acids is 3. The highest BCUT2D eigenvalue weighted by Crippen LogP contribution is 2.52. The van der Waals surface area contributed by atoms with Crippen molar-refractivity contribution in [2.75, 3.05) is 58.9 Å². The van der Waals surface area contributed by atoms with Gasteiger partial charge in [-0.3, -0.25) is 14.4 Å². The fourth-order valence-electron chi connectivity index (χ4n) is 14.3. The van der Waals surface area contributed by atoms with E-state index in [1.807, 2.05) is 25.2 Å². The number of rotatable bonds is 10. The molecule has 2 atom stereocenters. The molecule has 0 radical (unpaired) electrons. The van der Waals surface area contributed by atoms with Crippen molar-refractivity contribution in [3.8, 4) is 0 Å². The number of aromatic nitrogens is 2. The van der Waals surface area contributed by atoms with Gasteiger partial charge in [0.2, 0.25) is 11.7 Å². The summed E-state index contributed by atoms with van der Waals surface area (Å²) in [5, 5.41) is 6.53. The van der Waals surface area contributed by atoms with E-state index in [1.165, 1.54) is 56.4 Å². The van der Waals surface area contributed by atoms with Crippen molar-refractivity contribution in [3.63, 3.8) is 0 Å². The van der Waals surface area contributed by atoms with Crippen LogP contribution in [0.5, 0.6) is 0 Å². The highest BCUT2D eigenvalue weighted by atomic mass is 19.3. The number of likely N-dealkylation sites (tertiary alicyclic amines) is 3. The van der Waals surface area contributed by atoms with Crippen LogP contribution in [0.4, 0.5) is 13.2 Å². The molecule has 2 N–H and O–H groups in total. The molecule has 82 heavy (non-hydrogen) atoms. The van der Waals surface area contributed by atoms with Gasteiger partial charge in [-0.1, -0.05) is 117 Å². The number of alkyl halides is 2. The monoisotopic (exact) mass is 1130 g/mol. The minimum atomic E-state index is -3.23. The molecule has 4 aromatic rings. The standard InChI is InChI=1S/C25H36N4O.C24H35FN2O.C20H27F2NO.2H2/c1-24(2,3)11-14-29-15-12-25(13-16-29)10-9-21(19-7-5-6-8-20(19)25)27-23(30)22-17-26-18-28(22)4;1-23(2,3)10-13-27-14-11-24(12-15-27)9-8-21(26-22(28)17-4-5-17)19-7-6-18(25)16-20(19)24;1-18(2,3)8-11-23-12-9-19(10-13-23)14-20(21,22)17(24)15-6-4-5-7-16(15)19;;/h5-8,17-18,21H,9-16H2,1-4H3,(H,27,30);6-7,16-17,21H,4-5,8-15H2,1-3H3,(H,26,28);4-7H,8-14H2,1-3H3;2*1H/t2*21-;;;/m10.../s1. The molecule has 1 saturated carbocycles. The normalized spacial score (nSPS) is 23.1. The summed E-state index contributed by atoms with van der Waals surface area (Å²) in [5.41, 5.74) is 7.61. The van der Waals surface area contributed by atoms with Gasteiger partial charge >= 0.3 is 5.92 Å². The maximum atomic E-state index is 14.3. The van der Waals surface area contributed by atoms with Crippen LogP contribution in [0.2, 0.25) is 0 Å². The Balaban J connectivity index is 0.000000180. The van der Waals surface area contributed by atoms with E-state index in [4.69, 9.17) is 0 Å². The first kappa shape index (κ1) is 61.7. The van der Waals surface area contributed by atoms with Gasteiger partial charge in [0.05, 0.1) is 24.6 Å². The fraction of sp³-hybridized carbons (Fsp3) is 0.652. The molecule has 3 aromatic carbocycles. The van der Waals surface area contributed by atoms with Crippen molar-refractivity contribution in [2.24, 2.45) is 29.2 Å². The van der Waals surface area contributed by atoms with Crippen LogP contribution >= 0.6 is 0 Å². The van der Waals surface area contributed by atoms with Gasteiger partial charge in [-0.15, -0.1) is 0 Å². The third-order valence-corrected chi connectivity index (χ3v) is 19.9. The highest BCUT2D eigenvalue weighted by molar-refractivity contribution is 6.04. The van der Waals surface area contributed by atoms with E-state index in [-0.39, 0.29) is 66.7 Å². The Labute approximate surface area is 492 Å². The molecule has 3 spiro atoms. The van der Waals surface area contributed by atoms with E-state index >= 15 is 0 Å². The average Bonchev–Trinajstić information content (AvgIpc) is 1.06. The number of piperidine rings is 3. The van der Waals surface area contributed by atoms with E-state index < -0.39 is 17.1 Å². The summed E-state index contributed by atoms with van der Waals surface area (Å²) < 4.78 is 44.7. The van der Waals surface area contributed by atoms with Gasteiger partial charge in [0.25, 0.3) is 5.91 Å². The van der Waals surface area contributed by atoms with Crippen molar-refractivity contribution >= 4 is 17.6 Å². The van der Waals surface area contributed by atoms with E-state index in [1.54, 1.807) is 41.4 Å². The maximum absolute atomic E-state index is 14.3. The smallest absolute Gasteiger partial charge is 0.310 e. The number of Topliss-reactive ketones (excluding diaryl/α,β-unsaturated/α-hetero) is 1. The molecular formula is C69H102F3N7O3. The number of carbonyl (C=O) groups is 3. The topological polar surface area (TPSA) is 103 Å². The number of ketones is 1. The van der Waals surface area contributed by atoms with Gasteiger partial charge in [0.15, 0.2) is 0 Å². The van der Waals surface area contributed by atoms with E-state index in [0.29, 0.717) is 29.4 Å². The molecule has 11 rings (SSSR count). The molecule has 4 fully saturated rings. The highest BCUT2D eigenvalue weighted by Gasteiger charge is 2.55. The molecule has 10 nitrogen and oxygen atoms in total. The van der Waals surface area contributed by atoms with Crippen LogP contribution in [0.1, 0.15) is 229 Å². The lowest BCUT2D eigenvalue weighted by molar-refractivity contribution is -0.123. The summed E-state index contributed by atoms with van der Waals surface area (Å²) in [6, 6.07) is 21.2. The van der Waals surface area contributed by atoms with Gasteiger partial charge in [0.1, 0.15) is 11.5 Å². The largest absolute Gasteiger partial charge is 0.349 e. The molecule has 3 saturated heterocycles. The summed E-state index contributed by atoms with van der Waals surface area (Å²) in [6.45, 7) is 30.1. The number of benzene rings is 3. The van der Waals surface area contributed by atoms with Crippen molar-refractivity contribution in [3.05, 3.63) is 124 Å². The number of aryl methyl sites for hydroxylation is 1. The van der Waals surface area contributed by atoms with Crippen LogP contribution in [-0.2, 0) is 28.1 Å². The minimum absolute atomic E-state index is 0. The van der Waals surface area contributed by atoms with E-state index in [2.05, 4.69) is 117 Å². The number of fused-ring (bicyclic) bond motifs is 6. The fourth-order valence-corrected chi connectivity index (χ4v) is 14.3. The third-order valence-electron chi connectivity index (χ3n) is 19.9. The predicted molar refractivity (Wildman–Crippen MR) is 327 cm³/mol. The van der Waals surface area contributed by atoms with Crippen molar-refractivity contribution in [1.82, 2.24) is 34.9 Å². The molecule has 2 amide bonds. The van der Waals surface area contributed by atoms with Crippen LogP contribution in [-0.4, -0.2) is 107 Å². The predicted octanol–water partition coefficient (Wildman–Crippen LogP) is 14.6. The zero-order valence-electron chi connectivity index (χ0n) is 51.5. The second-order valence-corrected chi connectivity index (χ2v) is 29.7. The number of hydrogen-bond donors (Lipinski definition) is 2. The quantitative estimate of drug-likeness (QED) is 0.163. The van der Waals surface area contributed by atoms with Crippen LogP contribution in [0.25, 0.3) is 0 Å². The van der Waals surface area contributed by atoms with Crippen LogP contribution in [0.15, 0.2) is 79.3 Å². The first-order valence-electron chi connectivity index (χ1n) is 31.3. The zero-order valence-corrected chi connectivity index (χ0v) is 51.5. The number of nitrogens with one attached hydrogen (secondary N) is 2. The maximum Gasteiger partial charge on any atom is 0.310 e. The van der Waals surface area contributed by atoms with Crippen LogP contribution < -0.4 is 10.6 Å². The molecule has 452 valence electrons. The third kappa shape index (κ3) is 14.8. The Bertz CT molecular complexity index is 2860. The lowest BCUT2D eigenvalue weighted by Gasteiger charge is -2.47. The Morgan fingerprint density at radius 2 is 1.06 bits per heavy atom. The second-order valence-electron chi connectivity index (χ2n) is 29.7. The summed E-state index contributed by atoms with van der Waals surface area (Å²) in [7, 11) is 1.86. The van der Waals surface area contributed by atoms with Crippen molar-refractivity contribution < 1.29 is 30.4 Å². The minimum Gasteiger partial charge on any atom is -0.349 e. The Morgan fingerprint density at radius 3 is 1.56 bits per heavy atom. The Kier molecular flexibility index (Phi) is 18.5. The number of nitrogens with zero attached hydrogens (tertiary/aromatic N) is 5. The molecule has 13 heteroatoms. The number of halogens is 3. The molecule has 7 aliphatic rings. The Morgan fingerprint density at radius 1 is 0.598 bits per heavy atom. The first-order chi connectivity index (χ1) is 38.7. The number of imidazole rings is 1. The molecule has 0 unspecified atom stereocenters. The van der Waals surface area contributed by atoms with Crippen molar-refractivity contribution in [2.45, 2.75) is 199 Å². The van der Waals surface area contributed by atoms with Crippen molar-refractivity contribution in [1.29, 1.82) is 0 Å². The second kappa shape index (κ2) is 24.6. The summed E-state index contributed by atoms with van der Waals surface area (Å²) in [4.78, 5) is 48.9. The lowest BCUT2D eigenvalue weighted by atomic mass is 9.63. The first-order valence-corrected chi connectivity index (χ1v) is 31.3. The molecule has 0 bridgehead atoms. The van der Waals surface area contributed by atoms with Gasteiger partial charge in [-0.05, 0) is 222 Å². The average molecular weight is 1130 g/mol. The van der Waals surface area contributed by atoms with Crippen LogP contribution in [0, 0.1) is 28.0 Å². The van der Waals surface area contributed by atoms with Gasteiger partial charge in [-0.2, -0.15) is 8.78 Å². The number of hydrogen-bond acceptors (Lipinski definition) is 7. The van der Waals surface area contributed by atoms with Crippen LogP contribution in [0.3, 0.4) is 0 Å². The Hall–Kier alpha value is -4.85. The molecule has 4 aliphatic carbocycles. The lowest BCUT2D eigenvalue weighted by Crippen LogP contribution is -2.51. The van der Waals surface area contributed by atoms with Gasteiger partial charge in [0, 0.05) is 33.2 Å². The molecular weight excluding hydrogens is 1030 g/mol.